The summed E-state index contributed by atoms with van der Waals surface area (Å²) < 4.78 is 0.731. The van der Waals surface area contributed by atoms with Crippen molar-refractivity contribution >= 4 is 44.9 Å². The standard InChI is InChI=1S/C20H19BrN2O3/c1-4-16(19(25)22-14-7-5-6-11(2)8-14)23-17-12(3)9-13(21)10-15(17)18(24)20(23)26/h5-10,16H,4H2,1-3H3,(H,22,25). The van der Waals surface area contributed by atoms with Crippen molar-refractivity contribution in [2.75, 3.05) is 10.2 Å². The van der Waals surface area contributed by atoms with Crippen LogP contribution >= 0.6 is 15.9 Å². The Morgan fingerprint density at radius 1 is 1.19 bits per heavy atom. The molecule has 0 bridgehead atoms. The molecule has 0 radical (unpaired) electrons. The predicted octanol–water partition coefficient (Wildman–Crippen LogP) is 4.01. The summed E-state index contributed by atoms with van der Waals surface area (Å²) in [6, 6.07) is 10.2. The highest BCUT2D eigenvalue weighted by Gasteiger charge is 2.42. The van der Waals surface area contributed by atoms with E-state index < -0.39 is 17.7 Å². The van der Waals surface area contributed by atoms with Crippen LogP contribution in [0.3, 0.4) is 0 Å². The number of hydrogen-bond acceptors (Lipinski definition) is 3. The number of fused-ring (bicyclic) bond motifs is 1. The molecule has 134 valence electrons. The number of amides is 2. The lowest BCUT2D eigenvalue weighted by atomic mass is 10.1. The van der Waals surface area contributed by atoms with E-state index in [4.69, 9.17) is 0 Å². The molecule has 2 aromatic rings. The lowest BCUT2D eigenvalue weighted by molar-refractivity contribution is -0.121. The molecule has 2 amide bonds. The van der Waals surface area contributed by atoms with Gasteiger partial charge in [-0.25, -0.2) is 0 Å². The van der Waals surface area contributed by atoms with E-state index in [1.807, 2.05) is 45.0 Å². The first-order chi connectivity index (χ1) is 12.3. The van der Waals surface area contributed by atoms with Gasteiger partial charge in [0.2, 0.25) is 5.91 Å². The normalized spacial score (nSPS) is 14.4. The Morgan fingerprint density at radius 3 is 2.58 bits per heavy atom. The number of nitrogens with one attached hydrogen (secondary N) is 1. The highest BCUT2D eigenvalue weighted by molar-refractivity contribution is 9.10. The van der Waals surface area contributed by atoms with Crippen molar-refractivity contribution < 1.29 is 14.4 Å². The van der Waals surface area contributed by atoms with E-state index in [9.17, 15) is 14.4 Å². The Balaban J connectivity index is 1.97. The van der Waals surface area contributed by atoms with Crippen molar-refractivity contribution in [2.24, 2.45) is 0 Å². The van der Waals surface area contributed by atoms with Gasteiger partial charge in [-0.2, -0.15) is 0 Å². The topological polar surface area (TPSA) is 66.5 Å². The highest BCUT2D eigenvalue weighted by atomic mass is 79.9. The van der Waals surface area contributed by atoms with Crippen LogP contribution in [-0.4, -0.2) is 23.6 Å². The number of Topliss-reactive ketones (excluding diaryl/α,β-unsaturated/α-hetero) is 1. The van der Waals surface area contributed by atoms with Gasteiger partial charge < -0.3 is 5.32 Å². The van der Waals surface area contributed by atoms with Gasteiger partial charge in [-0.05, 0) is 55.7 Å². The van der Waals surface area contributed by atoms with Crippen LogP contribution in [0.5, 0.6) is 0 Å². The van der Waals surface area contributed by atoms with Crippen molar-refractivity contribution in [1.82, 2.24) is 0 Å². The molecule has 0 aliphatic carbocycles. The zero-order valence-electron chi connectivity index (χ0n) is 14.8. The second-order valence-corrected chi connectivity index (χ2v) is 7.32. The third-order valence-corrected chi connectivity index (χ3v) is 4.91. The molecule has 2 aromatic carbocycles. The third-order valence-electron chi connectivity index (χ3n) is 4.45. The fourth-order valence-electron chi connectivity index (χ4n) is 3.29. The van der Waals surface area contributed by atoms with Gasteiger partial charge in [0.1, 0.15) is 6.04 Å². The summed E-state index contributed by atoms with van der Waals surface area (Å²) in [5.74, 6) is -1.55. The number of halogens is 1. The lowest BCUT2D eigenvalue weighted by Crippen LogP contribution is -2.46. The van der Waals surface area contributed by atoms with Gasteiger partial charge in [-0.15, -0.1) is 0 Å². The molecule has 0 fully saturated rings. The summed E-state index contributed by atoms with van der Waals surface area (Å²) in [6.07, 6.45) is 0.394. The Morgan fingerprint density at radius 2 is 1.92 bits per heavy atom. The van der Waals surface area contributed by atoms with E-state index in [1.165, 1.54) is 4.90 Å². The van der Waals surface area contributed by atoms with E-state index in [1.54, 1.807) is 12.1 Å². The second-order valence-electron chi connectivity index (χ2n) is 6.41. The van der Waals surface area contributed by atoms with Crippen molar-refractivity contribution in [3.05, 3.63) is 57.6 Å². The van der Waals surface area contributed by atoms with E-state index >= 15 is 0 Å². The minimum atomic E-state index is -0.756. The van der Waals surface area contributed by atoms with Gasteiger partial charge in [-0.3, -0.25) is 19.3 Å². The van der Waals surface area contributed by atoms with Gasteiger partial charge >= 0.3 is 0 Å². The summed E-state index contributed by atoms with van der Waals surface area (Å²) in [4.78, 5) is 39.2. The minimum absolute atomic E-state index is 0.311. The molecule has 5 nitrogen and oxygen atoms in total. The monoisotopic (exact) mass is 414 g/mol. The SMILES string of the molecule is CCC(C(=O)Nc1cccc(C)c1)N1C(=O)C(=O)c2cc(Br)cc(C)c21. The van der Waals surface area contributed by atoms with Gasteiger partial charge in [0, 0.05) is 10.2 Å². The molecule has 6 heteroatoms. The highest BCUT2D eigenvalue weighted by Crippen LogP contribution is 2.37. The van der Waals surface area contributed by atoms with Crippen LogP contribution in [0.25, 0.3) is 0 Å². The number of benzene rings is 2. The zero-order valence-corrected chi connectivity index (χ0v) is 16.4. The average Bonchev–Trinajstić information content (AvgIpc) is 2.81. The number of carbonyl (C=O) groups is 3. The Hall–Kier alpha value is -2.47. The quantitative estimate of drug-likeness (QED) is 0.768. The van der Waals surface area contributed by atoms with Crippen molar-refractivity contribution in [1.29, 1.82) is 0 Å². The number of carbonyl (C=O) groups excluding carboxylic acids is 3. The van der Waals surface area contributed by atoms with Crippen LogP contribution in [0.4, 0.5) is 11.4 Å². The smallest absolute Gasteiger partial charge is 0.300 e. The molecule has 0 saturated carbocycles. The summed E-state index contributed by atoms with van der Waals surface area (Å²) in [6.45, 7) is 5.59. The van der Waals surface area contributed by atoms with Crippen molar-refractivity contribution in [3.8, 4) is 0 Å². The molecule has 0 spiro atoms. The van der Waals surface area contributed by atoms with Gasteiger partial charge in [0.25, 0.3) is 11.7 Å². The van der Waals surface area contributed by atoms with E-state index in [-0.39, 0.29) is 5.91 Å². The van der Waals surface area contributed by atoms with Gasteiger partial charge in [0.15, 0.2) is 0 Å². The molecule has 1 heterocycles. The zero-order chi connectivity index (χ0) is 19.0. The summed E-state index contributed by atoms with van der Waals surface area (Å²) in [7, 11) is 0. The molecular formula is C20H19BrN2O3. The number of ketones is 1. The van der Waals surface area contributed by atoms with Gasteiger partial charge in [-0.1, -0.05) is 35.0 Å². The van der Waals surface area contributed by atoms with Crippen LogP contribution in [0, 0.1) is 13.8 Å². The first kappa shape index (κ1) is 18.3. The van der Waals surface area contributed by atoms with E-state index in [2.05, 4.69) is 21.2 Å². The van der Waals surface area contributed by atoms with Crippen LogP contribution in [0.15, 0.2) is 40.9 Å². The summed E-state index contributed by atoms with van der Waals surface area (Å²) in [5, 5.41) is 2.85. The molecule has 1 N–H and O–H groups in total. The van der Waals surface area contributed by atoms with Gasteiger partial charge in [0.05, 0.1) is 11.3 Å². The van der Waals surface area contributed by atoms with Crippen LogP contribution in [-0.2, 0) is 9.59 Å². The number of hydrogen-bond donors (Lipinski definition) is 1. The van der Waals surface area contributed by atoms with Crippen molar-refractivity contribution in [2.45, 2.75) is 33.2 Å². The maximum Gasteiger partial charge on any atom is 0.300 e. The Labute approximate surface area is 160 Å². The predicted molar refractivity (Wildman–Crippen MR) is 105 cm³/mol. The number of nitrogens with zero attached hydrogens (tertiary/aromatic N) is 1. The van der Waals surface area contributed by atoms with E-state index in [0.29, 0.717) is 23.4 Å². The molecule has 3 rings (SSSR count). The summed E-state index contributed by atoms with van der Waals surface area (Å²) in [5.41, 5.74) is 3.32. The number of rotatable bonds is 4. The number of aryl methyl sites for hydroxylation is 2. The lowest BCUT2D eigenvalue weighted by Gasteiger charge is -2.27. The first-order valence-electron chi connectivity index (χ1n) is 8.39. The summed E-state index contributed by atoms with van der Waals surface area (Å²) >= 11 is 3.36. The number of anilines is 2. The average molecular weight is 415 g/mol. The molecule has 26 heavy (non-hydrogen) atoms. The van der Waals surface area contributed by atoms with E-state index in [0.717, 1.165) is 15.6 Å². The third kappa shape index (κ3) is 3.17. The second kappa shape index (κ2) is 7.03. The Kier molecular flexibility index (Phi) is 4.96. The first-order valence-corrected chi connectivity index (χ1v) is 9.18. The molecule has 1 unspecified atom stereocenters. The fourth-order valence-corrected chi connectivity index (χ4v) is 3.86. The molecule has 1 atom stereocenters. The van der Waals surface area contributed by atoms with Crippen LogP contribution in [0.2, 0.25) is 0 Å². The van der Waals surface area contributed by atoms with Crippen LogP contribution < -0.4 is 10.2 Å². The molecule has 1 aliphatic rings. The molecule has 0 saturated heterocycles. The minimum Gasteiger partial charge on any atom is -0.324 e. The Bertz CT molecular complexity index is 923. The largest absolute Gasteiger partial charge is 0.324 e. The maximum absolute atomic E-state index is 12.9. The fraction of sp³-hybridized carbons (Fsp3) is 0.250. The molecule has 1 aliphatic heterocycles. The molecular weight excluding hydrogens is 396 g/mol. The maximum atomic E-state index is 12.9. The van der Waals surface area contributed by atoms with Crippen LogP contribution in [0.1, 0.15) is 34.8 Å². The van der Waals surface area contributed by atoms with Crippen molar-refractivity contribution in [3.63, 3.8) is 0 Å². The molecule has 0 aromatic heterocycles.